The maximum Gasteiger partial charge on any atom is 0.136 e. The van der Waals surface area contributed by atoms with Crippen LogP contribution in [0, 0.1) is 0 Å². The van der Waals surface area contributed by atoms with Gasteiger partial charge in [0.15, 0.2) is 0 Å². The number of nitrogens with one attached hydrogen (secondary N) is 1. The average molecular weight is 145 g/mol. The van der Waals surface area contributed by atoms with Gasteiger partial charge in [-0.15, -0.1) is 0 Å². The molecule has 1 aliphatic heterocycles. The Labute approximate surface area is 59.4 Å². The quantitative estimate of drug-likeness (QED) is 0.566. The molecule has 0 aromatic carbocycles. The zero-order valence-electron chi connectivity index (χ0n) is 5.46. The predicted octanol–water partition coefficient (Wildman–Crippen LogP) is 0.279. The van der Waals surface area contributed by atoms with Crippen LogP contribution in [0.1, 0.15) is 6.42 Å². The van der Waals surface area contributed by atoms with Crippen LogP contribution in [0.3, 0.4) is 0 Å². The van der Waals surface area contributed by atoms with Gasteiger partial charge in [-0.2, -0.15) is 11.8 Å². The Bertz CT molecular complexity index is 107. The van der Waals surface area contributed by atoms with Crippen molar-refractivity contribution in [3.8, 4) is 0 Å². The topological polar surface area (TPSA) is 29.1 Å². The predicted molar refractivity (Wildman–Crippen MR) is 39.8 cm³/mol. The van der Waals surface area contributed by atoms with Crippen LogP contribution < -0.4 is 5.32 Å². The Kier molecular flexibility index (Phi) is 2.54. The molecule has 0 radical (unpaired) electrons. The molecule has 0 amide bonds. The van der Waals surface area contributed by atoms with Crippen molar-refractivity contribution in [3.63, 3.8) is 0 Å². The number of aldehydes is 1. The molecule has 0 aliphatic carbocycles. The Hall–Kier alpha value is -0.0200. The van der Waals surface area contributed by atoms with E-state index in [4.69, 9.17) is 0 Å². The lowest BCUT2D eigenvalue weighted by molar-refractivity contribution is -0.109. The lowest BCUT2D eigenvalue weighted by Gasteiger charge is -1.99. The lowest BCUT2D eigenvalue weighted by Crippen LogP contribution is -2.22. The fraction of sp³-hybridized carbons (Fsp3) is 0.833. The Morgan fingerprint density at radius 1 is 1.78 bits per heavy atom. The Balaban J connectivity index is 2.28. The highest BCUT2D eigenvalue weighted by Crippen LogP contribution is 2.16. The zero-order valence-corrected chi connectivity index (χ0v) is 6.28. The molecule has 1 heterocycles. The van der Waals surface area contributed by atoms with Crippen molar-refractivity contribution in [3.05, 3.63) is 0 Å². The third kappa shape index (κ3) is 1.69. The van der Waals surface area contributed by atoms with E-state index in [0.29, 0.717) is 5.25 Å². The van der Waals surface area contributed by atoms with E-state index in [-0.39, 0.29) is 6.04 Å². The normalized spacial score (nSPS) is 34.8. The third-order valence-corrected chi connectivity index (χ3v) is 2.65. The minimum absolute atomic E-state index is 0.127. The number of hydrogen-bond acceptors (Lipinski definition) is 3. The summed E-state index contributed by atoms with van der Waals surface area (Å²) in [5.41, 5.74) is 0. The average Bonchev–Trinajstić information content (AvgIpc) is 2.34. The van der Waals surface area contributed by atoms with E-state index >= 15 is 0 Å². The molecule has 0 bridgehead atoms. The van der Waals surface area contributed by atoms with Crippen LogP contribution >= 0.6 is 11.8 Å². The maximum atomic E-state index is 10.2. The zero-order chi connectivity index (χ0) is 6.69. The Morgan fingerprint density at radius 3 is 2.89 bits per heavy atom. The van der Waals surface area contributed by atoms with Gasteiger partial charge in [0.05, 0.1) is 6.04 Å². The van der Waals surface area contributed by atoms with Crippen molar-refractivity contribution in [2.24, 2.45) is 0 Å². The summed E-state index contributed by atoms with van der Waals surface area (Å²) in [7, 11) is 0. The molecule has 0 aromatic heterocycles. The van der Waals surface area contributed by atoms with E-state index in [2.05, 4.69) is 11.6 Å². The van der Waals surface area contributed by atoms with Gasteiger partial charge >= 0.3 is 0 Å². The molecule has 3 heteroatoms. The second-order valence-electron chi connectivity index (χ2n) is 2.24. The van der Waals surface area contributed by atoms with Gasteiger partial charge in [-0.3, -0.25) is 0 Å². The first-order valence-electron chi connectivity index (χ1n) is 3.08. The monoisotopic (exact) mass is 145 g/mol. The number of carbonyl (C=O) groups is 1. The number of hydrogen-bond donors (Lipinski definition) is 1. The minimum Gasteiger partial charge on any atom is -0.307 e. The molecule has 0 aromatic rings. The number of thioether (sulfide) groups is 1. The van der Waals surface area contributed by atoms with Gasteiger partial charge in [0.1, 0.15) is 6.29 Å². The van der Waals surface area contributed by atoms with Crippen LogP contribution in [0.5, 0.6) is 0 Å². The summed E-state index contributed by atoms with van der Waals surface area (Å²) in [5.74, 6) is 0. The largest absolute Gasteiger partial charge is 0.307 e. The summed E-state index contributed by atoms with van der Waals surface area (Å²) in [6.07, 6.45) is 4.08. The number of rotatable bonds is 2. The van der Waals surface area contributed by atoms with E-state index in [9.17, 15) is 4.79 Å². The molecule has 1 fully saturated rings. The molecule has 0 saturated carbocycles. The first kappa shape index (κ1) is 7.09. The van der Waals surface area contributed by atoms with Crippen LogP contribution in [0.4, 0.5) is 0 Å². The van der Waals surface area contributed by atoms with Crippen molar-refractivity contribution in [1.82, 2.24) is 5.32 Å². The third-order valence-electron chi connectivity index (χ3n) is 1.62. The SMILES string of the molecule is CSC1CN[C@H](C=O)C1. The second kappa shape index (κ2) is 3.22. The summed E-state index contributed by atoms with van der Waals surface area (Å²) >= 11 is 1.83. The van der Waals surface area contributed by atoms with Crippen LogP contribution in [0.15, 0.2) is 0 Å². The van der Waals surface area contributed by atoms with Gasteiger partial charge in [0.2, 0.25) is 0 Å². The highest BCUT2D eigenvalue weighted by molar-refractivity contribution is 7.99. The highest BCUT2D eigenvalue weighted by Gasteiger charge is 2.21. The molecule has 52 valence electrons. The minimum atomic E-state index is 0.127. The summed E-state index contributed by atoms with van der Waals surface area (Å²) in [6.45, 7) is 0.991. The lowest BCUT2D eigenvalue weighted by atomic mass is 10.2. The second-order valence-corrected chi connectivity index (χ2v) is 3.38. The van der Waals surface area contributed by atoms with Crippen molar-refractivity contribution in [1.29, 1.82) is 0 Å². The molecular weight excluding hydrogens is 134 g/mol. The Morgan fingerprint density at radius 2 is 2.56 bits per heavy atom. The molecule has 1 aliphatic rings. The molecule has 1 N–H and O–H groups in total. The molecule has 0 spiro atoms. The summed E-state index contributed by atoms with van der Waals surface area (Å²) < 4.78 is 0. The van der Waals surface area contributed by atoms with E-state index in [0.717, 1.165) is 19.3 Å². The molecule has 1 saturated heterocycles. The maximum absolute atomic E-state index is 10.2. The molecule has 9 heavy (non-hydrogen) atoms. The highest BCUT2D eigenvalue weighted by atomic mass is 32.2. The molecular formula is C6H11NOS. The van der Waals surface area contributed by atoms with Gasteiger partial charge in [-0.05, 0) is 12.7 Å². The summed E-state index contributed by atoms with van der Waals surface area (Å²) in [5, 5.41) is 3.77. The smallest absolute Gasteiger partial charge is 0.136 e. The van der Waals surface area contributed by atoms with Crippen LogP contribution in [0.2, 0.25) is 0 Å². The van der Waals surface area contributed by atoms with Gasteiger partial charge in [0, 0.05) is 11.8 Å². The van der Waals surface area contributed by atoms with Gasteiger partial charge in [-0.25, -0.2) is 0 Å². The fourth-order valence-corrected chi connectivity index (χ4v) is 1.68. The van der Waals surface area contributed by atoms with E-state index in [1.165, 1.54) is 0 Å². The molecule has 1 rings (SSSR count). The van der Waals surface area contributed by atoms with E-state index < -0.39 is 0 Å². The van der Waals surface area contributed by atoms with Crippen molar-refractivity contribution >= 4 is 18.0 Å². The van der Waals surface area contributed by atoms with Gasteiger partial charge in [-0.1, -0.05) is 0 Å². The first-order chi connectivity index (χ1) is 4.36. The van der Waals surface area contributed by atoms with Crippen LogP contribution in [0.25, 0.3) is 0 Å². The molecule has 2 atom stereocenters. The van der Waals surface area contributed by atoms with Crippen molar-refractivity contribution in [2.45, 2.75) is 17.7 Å². The van der Waals surface area contributed by atoms with E-state index in [1.807, 2.05) is 11.8 Å². The van der Waals surface area contributed by atoms with Gasteiger partial charge in [0.25, 0.3) is 0 Å². The van der Waals surface area contributed by atoms with E-state index in [1.54, 1.807) is 0 Å². The van der Waals surface area contributed by atoms with Crippen LogP contribution in [-0.4, -0.2) is 30.4 Å². The fourth-order valence-electron chi connectivity index (χ4n) is 1.02. The van der Waals surface area contributed by atoms with Crippen molar-refractivity contribution in [2.75, 3.05) is 12.8 Å². The summed E-state index contributed by atoms with van der Waals surface area (Å²) in [4.78, 5) is 10.2. The molecule has 1 unspecified atom stereocenters. The summed E-state index contributed by atoms with van der Waals surface area (Å²) in [6, 6.07) is 0.127. The molecule has 2 nitrogen and oxygen atoms in total. The van der Waals surface area contributed by atoms with Gasteiger partial charge < -0.3 is 10.1 Å². The van der Waals surface area contributed by atoms with Crippen molar-refractivity contribution < 1.29 is 4.79 Å². The number of carbonyl (C=O) groups excluding carboxylic acids is 1. The standard InChI is InChI=1S/C6H11NOS/c1-9-6-2-5(4-8)7-3-6/h4-7H,2-3H2,1H3/t5-,6?/m0/s1. The first-order valence-corrected chi connectivity index (χ1v) is 4.37. The van der Waals surface area contributed by atoms with Crippen LogP contribution in [-0.2, 0) is 4.79 Å².